The zero-order valence-corrected chi connectivity index (χ0v) is 13.9. The van der Waals surface area contributed by atoms with E-state index in [1.165, 1.54) is 49.4 Å². The largest absolute Gasteiger partial charge is 0.362 e. The van der Waals surface area contributed by atoms with Gasteiger partial charge in [-0.15, -0.1) is 0 Å². The molecule has 1 heterocycles. The SMILES string of the molecule is CCC1CCCCC1NC1=NC(C(C)(C)C)CCS1. The van der Waals surface area contributed by atoms with E-state index in [2.05, 4.69) is 33.0 Å². The summed E-state index contributed by atoms with van der Waals surface area (Å²) in [7, 11) is 0. The van der Waals surface area contributed by atoms with Gasteiger partial charge in [0.25, 0.3) is 0 Å². The van der Waals surface area contributed by atoms with Crippen LogP contribution in [0.25, 0.3) is 0 Å². The fourth-order valence-electron chi connectivity index (χ4n) is 3.26. The summed E-state index contributed by atoms with van der Waals surface area (Å²) >= 11 is 1.93. The highest BCUT2D eigenvalue weighted by Gasteiger charge is 2.29. The quantitative estimate of drug-likeness (QED) is 0.809. The van der Waals surface area contributed by atoms with Crippen molar-refractivity contribution < 1.29 is 0 Å². The molecule has 0 amide bonds. The highest BCUT2D eigenvalue weighted by molar-refractivity contribution is 8.13. The van der Waals surface area contributed by atoms with E-state index >= 15 is 0 Å². The minimum absolute atomic E-state index is 0.296. The lowest BCUT2D eigenvalue weighted by Gasteiger charge is -2.35. The van der Waals surface area contributed by atoms with Gasteiger partial charge in [0.15, 0.2) is 5.17 Å². The Balaban J connectivity index is 1.99. The Hall–Kier alpha value is -0.180. The fourth-order valence-corrected chi connectivity index (χ4v) is 4.23. The van der Waals surface area contributed by atoms with Crippen molar-refractivity contribution in [1.29, 1.82) is 0 Å². The summed E-state index contributed by atoms with van der Waals surface area (Å²) in [5, 5.41) is 4.99. The Morgan fingerprint density at radius 3 is 2.63 bits per heavy atom. The van der Waals surface area contributed by atoms with Gasteiger partial charge in [-0.05, 0) is 30.6 Å². The Morgan fingerprint density at radius 2 is 1.95 bits per heavy atom. The summed E-state index contributed by atoms with van der Waals surface area (Å²) in [5.74, 6) is 2.07. The van der Waals surface area contributed by atoms with Crippen LogP contribution in [0.4, 0.5) is 0 Å². The normalized spacial score (nSPS) is 32.8. The van der Waals surface area contributed by atoms with E-state index < -0.39 is 0 Å². The van der Waals surface area contributed by atoms with Gasteiger partial charge in [0.1, 0.15) is 0 Å². The first-order valence-corrected chi connectivity index (χ1v) is 8.96. The molecule has 1 fully saturated rings. The number of amidine groups is 1. The summed E-state index contributed by atoms with van der Waals surface area (Å²) in [4.78, 5) is 4.98. The van der Waals surface area contributed by atoms with Crippen LogP contribution >= 0.6 is 11.8 Å². The Morgan fingerprint density at radius 1 is 1.21 bits per heavy atom. The molecule has 3 atom stereocenters. The Kier molecular flexibility index (Phi) is 5.22. The Bertz CT molecular complexity index is 319. The Labute approximate surface area is 123 Å². The van der Waals surface area contributed by atoms with Gasteiger partial charge in [-0.2, -0.15) is 0 Å². The highest BCUT2D eigenvalue weighted by atomic mass is 32.2. The molecule has 0 aromatic heterocycles. The van der Waals surface area contributed by atoms with Crippen LogP contribution in [0.2, 0.25) is 0 Å². The third kappa shape index (κ3) is 4.14. The smallest absolute Gasteiger partial charge is 0.157 e. The first kappa shape index (κ1) is 15.2. The summed E-state index contributed by atoms with van der Waals surface area (Å²) in [6.07, 6.45) is 8.06. The molecule has 110 valence electrons. The molecule has 0 saturated heterocycles. The zero-order chi connectivity index (χ0) is 13.9. The van der Waals surface area contributed by atoms with Crippen molar-refractivity contribution in [3.05, 3.63) is 0 Å². The molecule has 2 aliphatic rings. The van der Waals surface area contributed by atoms with Gasteiger partial charge in [-0.3, -0.25) is 4.99 Å². The molecule has 2 nitrogen and oxygen atoms in total. The van der Waals surface area contributed by atoms with Crippen molar-refractivity contribution >= 4 is 16.9 Å². The van der Waals surface area contributed by atoms with Crippen LogP contribution in [-0.4, -0.2) is 23.0 Å². The van der Waals surface area contributed by atoms with E-state index in [1.807, 2.05) is 11.8 Å². The van der Waals surface area contributed by atoms with Gasteiger partial charge >= 0.3 is 0 Å². The second-order valence-electron chi connectivity index (χ2n) is 7.16. The number of aliphatic imine (C=N–C) groups is 1. The van der Waals surface area contributed by atoms with Crippen LogP contribution in [0.1, 0.15) is 66.2 Å². The molecule has 0 aromatic rings. The van der Waals surface area contributed by atoms with Gasteiger partial charge in [0.05, 0.1) is 6.04 Å². The minimum Gasteiger partial charge on any atom is -0.362 e. The monoisotopic (exact) mass is 282 g/mol. The molecule has 1 aliphatic carbocycles. The maximum Gasteiger partial charge on any atom is 0.157 e. The molecule has 3 unspecified atom stereocenters. The van der Waals surface area contributed by atoms with Crippen molar-refractivity contribution in [3.8, 4) is 0 Å². The molecule has 19 heavy (non-hydrogen) atoms. The average Bonchev–Trinajstić information content (AvgIpc) is 2.39. The maximum absolute atomic E-state index is 4.98. The van der Waals surface area contributed by atoms with Crippen LogP contribution in [0.15, 0.2) is 4.99 Å². The van der Waals surface area contributed by atoms with Crippen molar-refractivity contribution in [1.82, 2.24) is 5.32 Å². The predicted octanol–water partition coefficient (Wildman–Crippen LogP) is 4.45. The number of hydrogen-bond acceptors (Lipinski definition) is 3. The maximum atomic E-state index is 4.98. The standard InChI is InChI=1S/C16H30N2S/c1-5-12-8-6-7-9-13(12)17-15-18-14(10-11-19-15)16(2,3)4/h12-14H,5-11H2,1-4H3,(H,17,18). The summed E-state index contributed by atoms with van der Waals surface area (Å²) in [5.41, 5.74) is 0.296. The van der Waals surface area contributed by atoms with E-state index in [0.29, 0.717) is 17.5 Å². The van der Waals surface area contributed by atoms with E-state index in [4.69, 9.17) is 4.99 Å². The number of rotatable bonds is 2. The molecule has 2 rings (SSSR count). The number of hydrogen-bond donors (Lipinski definition) is 1. The van der Waals surface area contributed by atoms with Crippen LogP contribution in [-0.2, 0) is 0 Å². The lowest BCUT2D eigenvalue weighted by atomic mass is 9.83. The molecule has 0 radical (unpaired) electrons. The predicted molar refractivity (Wildman–Crippen MR) is 86.9 cm³/mol. The van der Waals surface area contributed by atoms with E-state index in [9.17, 15) is 0 Å². The molecular weight excluding hydrogens is 252 g/mol. The van der Waals surface area contributed by atoms with Crippen molar-refractivity contribution in [2.45, 2.75) is 78.3 Å². The third-order valence-corrected chi connectivity index (χ3v) is 5.58. The minimum atomic E-state index is 0.296. The van der Waals surface area contributed by atoms with Crippen LogP contribution in [0.3, 0.4) is 0 Å². The van der Waals surface area contributed by atoms with Crippen LogP contribution in [0.5, 0.6) is 0 Å². The molecule has 3 heteroatoms. The number of thioether (sulfide) groups is 1. The first-order chi connectivity index (χ1) is 9.00. The van der Waals surface area contributed by atoms with Gasteiger partial charge in [0.2, 0.25) is 0 Å². The topological polar surface area (TPSA) is 24.4 Å². The number of nitrogens with one attached hydrogen (secondary N) is 1. The molecule has 1 N–H and O–H groups in total. The summed E-state index contributed by atoms with van der Waals surface area (Å²) in [6.45, 7) is 9.26. The van der Waals surface area contributed by atoms with Crippen molar-refractivity contribution in [2.24, 2.45) is 16.3 Å². The summed E-state index contributed by atoms with van der Waals surface area (Å²) < 4.78 is 0. The molecule has 1 saturated carbocycles. The highest BCUT2D eigenvalue weighted by Crippen LogP contribution is 2.32. The molecule has 0 aromatic carbocycles. The molecular formula is C16H30N2S. The van der Waals surface area contributed by atoms with E-state index in [0.717, 1.165) is 5.92 Å². The lowest BCUT2D eigenvalue weighted by Crippen LogP contribution is -2.43. The van der Waals surface area contributed by atoms with Gasteiger partial charge in [-0.1, -0.05) is 58.7 Å². The van der Waals surface area contributed by atoms with E-state index in [-0.39, 0.29) is 0 Å². The molecule has 1 aliphatic heterocycles. The zero-order valence-electron chi connectivity index (χ0n) is 13.0. The fraction of sp³-hybridized carbons (Fsp3) is 0.938. The second kappa shape index (κ2) is 6.51. The van der Waals surface area contributed by atoms with E-state index in [1.54, 1.807) is 0 Å². The van der Waals surface area contributed by atoms with Gasteiger partial charge < -0.3 is 5.32 Å². The van der Waals surface area contributed by atoms with Crippen molar-refractivity contribution in [2.75, 3.05) is 5.75 Å². The number of nitrogens with zero attached hydrogens (tertiary/aromatic N) is 1. The first-order valence-electron chi connectivity index (χ1n) is 7.98. The van der Waals surface area contributed by atoms with Crippen LogP contribution in [0, 0.1) is 11.3 Å². The second-order valence-corrected chi connectivity index (χ2v) is 8.24. The molecule has 0 bridgehead atoms. The van der Waals surface area contributed by atoms with Crippen LogP contribution < -0.4 is 5.32 Å². The third-order valence-electron chi connectivity index (χ3n) is 4.65. The molecule has 0 spiro atoms. The summed E-state index contributed by atoms with van der Waals surface area (Å²) in [6, 6.07) is 1.16. The van der Waals surface area contributed by atoms with Gasteiger partial charge in [-0.25, -0.2) is 0 Å². The van der Waals surface area contributed by atoms with Gasteiger partial charge in [0, 0.05) is 11.8 Å². The van der Waals surface area contributed by atoms with Crippen molar-refractivity contribution in [3.63, 3.8) is 0 Å². The average molecular weight is 282 g/mol. The lowest BCUT2D eigenvalue weighted by molar-refractivity contribution is 0.278.